The van der Waals surface area contributed by atoms with Crippen LogP contribution >= 0.6 is 11.3 Å². The lowest BCUT2D eigenvalue weighted by Crippen LogP contribution is -2.31. The maximum atomic E-state index is 5.54. The molecule has 1 unspecified atom stereocenters. The Labute approximate surface area is 91.9 Å². The molecular formula is C9H13N5S. The molecule has 2 rings (SSSR count). The van der Waals surface area contributed by atoms with Crippen LogP contribution in [-0.2, 0) is 7.05 Å². The number of imidazole rings is 1. The van der Waals surface area contributed by atoms with E-state index in [1.807, 2.05) is 30.1 Å². The second kappa shape index (κ2) is 4.09. The highest BCUT2D eigenvalue weighted by Crippen LogP contribution is 2.20. The minimum atomic E-state index is -0.144. The van der Waals surface area contributed by atoms with Crippen molar-refractivity contribution in [3.05, 3.63) is 34.3 Å². The first-order chi connectivity index (χ1) is 7.22. The minimum absolute atomic E-state index is 0.144. The van der Waals surface area contributed by atoms with Crippen molar-refractivity contribution in [2.75, 3.05) is 0 Å². The predicted molar refractivity (Wildman–Crippen MR) is 59.2 cm³/mol. The van der Waals surface area contributed by atoms with Crippen molar-refractivity contribution in [2.45, 2.75) is 13.0 Å². The van der Waals surface area contributed by atoms with Crippen LogP contribution in [0.25, 0.3) is 0 Å². The summed E-state index contributed by atoms with van der Waals surface area (Å²) >= 11 is 1.61. The van der Waals surface area contributed by atoms with Gasteiger partial charge in [-0.2, -0.15) is 0 Å². The third-order valence-electron chi connectivity index (χ3n) is 2.22. The van der Waals surface area contributed by atoms with Gasteiger partial charge in [-0.1, -0.05) is 0 Å². The molecule has 5 nitrogen and oxygen atoms in total. The Morgan fingerprint density at radius 3 is 2.87 bits per heavy atom. The fraction of sp³-hybridized carbons (Fsp3) is 0.333. The highest BCUT2D eigenvalue weighted by Gasteiger charge is 2.18. The van der Waals surface area contributed by atoms with Crippen molar-refractivity contribution in [1.29, 1.82) is 0 Å². The largest absolute Gasteiger partial charge is 0.336 e. The number of aromatic nitrogens is 3. The molecule has 3 N–H and O–H groups in total. The molecule has 2 aromatic heterocycles. The first-order valence-electron chi connectivity index (χ1n) is 4.57. The zero-order valence-electron chi connectivity index (χ0n) is 8.64. The zero-order valence-corrected chi connectivity index (χ0v) is 9.45. The van der Waals surface area contributed by atoms with Gasteiger partial charge in [-0.3, -0.25) is 5.84 Å². The molecular weight excluding hydrogens is 210 g/mol. The van der Waals surface area contributed by atoms with Gasteiger partial charge in [0, 0.05) is 24.8 Å². The third-order valence-corrected chi connectivity index (χ3v) is 3.01. The second-order valence-corrected chi connectivity index (χ2v) is 4.35. The highest BCUT2D eigenvalue weighted by molar-refractivity contribution is 7.09. The van der Waals surface area contributed by atoms with Crippen LogP contribution in [0.1, 0.15) is 22.6 Å². The Kier molecular flexibility index (Phi) is 2.81. The Morgan fingerprint density at radius 1 is 1.60 bits per heavy atom. The van der Waals surface area contributed by atoms with Crippen LogP contribution in [0.3, 0.4) is 0 Å². The van der Waals surface area contributed by atoms with Crippen molar-refractivity contribution in [2.24, 2.45) is 12.9 Å². The van der Waals surface area contributed by atoms with Gasteiger partial charge in [-0.15, -0.1) is 11.3 Å². The van der Waals surface area contributed by atoms with Gasteiger partial charge in [0.25, 0.3) is 0 Å². The van der Waals surface area contributed by atoms with Crippen LogP contribution in [0.2, 0.25) is 0 Å². The zero-order chi connectivity index (χ0) is 10.8. The molecule has 0 aromatic carbocycles. The molecule has 0 saturated carbocycles. The Balaban J connectivity index is 2.36. The fourth-order valence-corrected chi connectivity index (χ4v) is 2.10. The fourth-order valence-electron chi connectivity index (χ4n) is 1.46. The van der Waals surface area contributed by atoms with Gasteiger partial charge in [-0.05, 0) is 6.92 Å². The van der Waals surface area contributed by atoms with Crippen LogP contribution in [-0.4, -0.2) is 14.5 Å². The number of nitrogens with two attached hydrogens (primary N) is 1. The van der Waals surface area contributed by atoms with E-state index in [0.29, 0.717) is 0 Å². The average Bonchev–Trinajstić information content (AvgIpc) is 2.79. The number of hydrogen-bond donors (Lipinski definition) is 2. The summed E-state index contributed by atoms with van der Waals surface area (Å²) in [5, 5.41) is 3.02. The minimum Gasteiger partial charge on any atom is -0.336 e. The molecule has 2 heterocycles. The molecule has 0 saturated heterocycles. The summed E-state index contributed by atoms with van der Waals surface area (Å²) in [7, 11) is 1.94. The number of thiazole rings is 1. The SMILES string of the molecule is Cc1nc(C(NN)c2nccn2C)cs1. The van der Waals surface area contributed by atoms with Gasteiger partial charge in [0.1, 0.15) is 11.9 Å². The number of rotatable bonds is 3. The smallest absolute Gasteiger partial charge is 0.133 e. The molecule has 0 spiro atoms. The summed E-state index contributed by atoms with van der Waals surface area (Å²) in [6, 6.07) is -0.144. The molecule has 80 valence electrons. The van der Waals surface area contributed by atoms with Gasteiger partial charge in [0.05, 0.1) is 10.7 Å². The van der Waals surface area contributed by atoms with Gasteiger partial charge in [-0.25, -0.2) is 15.4 Å². The molecule has 1 atom stereocenters. The Morgan fingerprint density at radius 2 is 2.40 bits per heavy atom. The summed E-state index contributed by atoms with van der Waals surface area (Å²) in [6.07, 6.45) is 3.64. The number of hydrogen-bond acceptors (Lipinski definition) is 5. The summed E-state index contributed by atoms with van der Waals surface area (Å²) in [4.78, 5) is 8.66. The third kappa shape index (κ3) is 1.92. The molecule has 0 aliphatic rings. The van der Waals surface area contributed by atoms with E-state index in [9.17, 15) is 0 Å². The van der Waals surface area contributed by atoms with E-state index in [4.69, 9.17) is 5.84 Å². The standard InChI is InChI=1S/C9H13N5S/c1-6-12-7(5-15-6)8(13-10)9-11-3-4-14(9)2/h3-5,8,13H,10H2,1-2H3. The highest BCUT2D eigenvalue weighted by atomic mass is 32.1. The quantitative estimate of drug-likeness (QED) is 0.595. The molecule has 0 aliphatic carbocycles. The first-order valence-corrected chi connectivity index (χ1v) is 5.45. The number of nitrogens with zero attached hydrogens (tertiary/aromatic N) is 3. The summed E-state index contributed by atoms with van der Waals surface area (Å²) in [5.74, 6) is 6.40. The van der Waals surface area contributed by atoms with Crippen LogP contribution in [0, 0.1) is 6.92 Å². The molecule has 0 fully saturated rings. The van der Waals surface area contributed by atoms with Crippen LogP contribution in [0.15, 0.2) is 17.8 Å². The van der Waals surface area contributed by atoms with Crippen LogP contribution in [0.4, 0.5) is 0 Å². The van der Waals surface area contributed by atoms with Gasteiger partial charge >= 0.3 is 0 Å². The van der Waals surface area contributed by atoms with Crippen LogP contribution < -0.4 is 11.3 Å². The van der Waals surface area contributed by atoms with Crippen molar-refractivity contribution in [1.82, 2.24) is 20.0 Å². The van der Waals surface area contributed by atoms with E-state index in [2.05, 4.69) is 15.4 Å². The normalized spacial score (nSPS) is 13.0. The van der Waals surface area contributed by atoms with E-state index in [1.54, 1.807) is 17.5 Å². The maximum Gasteiger partial charge on any atom is 0.133 e. The average molecular weight is 223 g/mol. The molecule has 6 heteroatoms. The maximum absolute atomic E-state index is 5.54. The van der Waals surface area contributed by atoms with E-state index in [-0.39, 0.29) is 6.04 Å². The predicted octanol–water partition coefficient (Wildman–Crippen LogP) is 0.738. The van der Waals surface area contributed by atoms with Gasteiger partial charge in [0.2, 0.25) is 0 Å². The monoisotopic (exact) mass is 223 g/mol. The second-order valence-electron chi connectivity index (χ2n) is 3.29. The lowest BCUT2D eigenvalue weighted by Gasteiger charge is -2.12. The topological polar surface area (TPSA) is 68.8 Å². The van der Waals surface area contributed by atoms with E-state index in [1.165, 1.54) is 0 Å². The molecule has 0 bridgehead atoms. The van der Waals surface area contributed by atoms with E-state index < -0.39 is 0 Å². The molecule has 15 heavy (non-hydrogen) atoms. The Hall–Kier alpha value is -1.24. The Bertz CT molecular complexity index is 447. The van der Waals surface area contributed by atoms with Crippen molar-refractivity contribution >= 4 is 11.3 Å². The molecule has 0 amide bonds. The molecule has 0 radical (unpaired) electrons. The van der Waals surface area contributed by atoms with E-state index >= 15 is 0 Å². The molecule has 2 aromatic rings. The summed E-state index contributed by atoms with van der Waals surface area (Å²) in [5.41, 5.74) is 3.65. The molecule has 0 aliphatic heterocycles. The number of hydrazine groups is 1. The lowest BCUT2D eigenvalue weighted by atomic mass is 10.2. The van der Waals surface area contributed by atoms with E-state index in [0.717, 1.165) is 16.5 Å². The van der Waals surface area contributed by atoms with Crippen molar-refractivity contribution in [3.8, 4) is 0 Å². The van der Waals surface area contributed by atoms with Crippen molar-refractivity contribution in [3.63, 3.8) is 0 Å². The van der Waals surface area contributed by atoms with Gasteiger partial charge < -0.3 is 4.57 Å². The summed E-state index contributed by atoms with van der Waals surface area (Å²) in [6.45, 7) is 1.97. The first kappa shape index (κ1) is 10.3. The van der Waals surface area contributed by atoms with Crippen LogP contribution in [0.5, 0.6) is 0 Å². The number of nitrogens with one attached hydrogen (secondary N) is 1. The summed E-state index contributed by atoms with van der Waals surface area (Å²) < 4.78 is 1.93. The lowest BCUT2D eigenvalue weighted by molar-refractivity contribution is 0.569. The van der Waals surface area contributed by atoms with Crippen molar-refractivity contribution < 1.29 is 0 Å². The number of aryl methyl sites for hydroxylation is 2. The van der Waals surface area contributed by atoms with Gasteiger partial charge in [0.15, 0.2) is 0 Å².